The summed E-state index contributed by atoms with van der Waals surface area (Å²) in [6.07, 6.45) is 2.19. The minimum absolute atomic E-state index is 0.276. The van der Waals surface area contributed by atoms with E-state index in [1.165, 1.54) is 4.90 Å². The molecule has 146 valence electrons. The summed E-state index contributed by atoms with van der Waals surface area (Å²) in [4.78, 5) is 26.5. The molecule has 0 unspecified atom stereocenters. The summed E-state index contributed by atoms with van der Waals surface area (Å²) in [5.41, 5.74) is 1.74. The zero-order valence-electron chi connectivity index (χ0n) is 15.1. The van der Waals surface area contributed by atoms with Gasteiger partial charge in [0.25, 0.3) is 11.1 Å². The molecule has 0 radical (unpaired) electrons. The normalized spacial score (nSPS) is 15.5. The maximum atomic E-state index is 12.7. The molecule has 1 fully saturated rings. The Morgan fingerprint density at radius 3 is 2.59 bits per heavy atom. The number of hydrogen-bond acceptors (Lipinski definition) is 4. The summed E-state index contributed by atoms with van der Waals surface area (Å²) in [6.45, 7) is 0.341. The van der Waals surface area contributed by atoms with Crippen LogP contribution in [0.15, 0.2) is 70.0 Å². The van der Waals surface area contributed by atoms with Crippen LogP contribution in [-0.4, -0.2) is 22.6 Å². The largest absolute Gasteiger partial charge is 0.457 e. The highest BCUT2D eigenvalue weighted by molar-refractivity contribution is 8.18. The molecule has 0 saturated carbocycles. The van der Waals surface area contributed by atoms with Crippen LogP contribution in [0.25, 0.3) is 17.4 Å². The molecule has 1 saturated heterocycles. The molecular weight excluding hydrogens is 429 g/mol. The van der Waals surface area contributed by atoms with E-state index in [4.69, 9.17) is 27.6 Å². The third kappa shape index (κ3) is 4.42. The Morgan fingerprint density at radius 1 is 1.00 bits per heavy atom. The van der Waals surface area contributed by atoms with Gasteiger partial charge in [0.1, 0.15) is 11.5 Å². The van der Waals surface area contributed by atoms with Gasteiger partial charge < -0.3 is 4.42 Å². The molecule has 0 bridgehead atoms. The number of benzene rings is 2. The summed E-state index contributed by atoms with van der Waals surface area (Å²) in [6, 6.07) is 18.3. The number of nitrogens with zero attached hydrogens (tertiary/aromatic N) is 1. The molecule has 2 aromatic carbocycles. The predicted molar refractivity (Wildman–Crippen MR) is 117 cm³/mol. The first-order valence-electron chi connectivity index (χ1n) is 8.86. The molecule has 0 N–H and O–H groups in total. The van der Waals surface area contributed by atoms with Crippen LogP contribution >= 0.6 is 35.0 Å². The SMILES string of the molecule is O=C1S/C(=C\c2ccc(-c3cc(Cl)ccc3Cl)o2)C(=O)N1CCc1ccccc1. The van der Waals surface area contributed by atoms with Gasteiger partial charge in [-0.25, -0.2) is 0 Å². The van der Waals surface area contributed by atoms with Crippen LogP contribution in [0.1, 0.15) is 11.3 Å². The predicted octanol–water partition coefficient (Wildman–Crippen LogP) is 6.53. The molecule has 0 atom stereocenters. The lowest BCUT2D eigenvalue weighted by Gasteiger charge is -2.11. The lowest BCUT2D eigenvalue weighted by molar-refractivity contribution is -0.122. The van der Waals surface area contributed by atoms with Gasteiger partial charge in [0.05, 0.1) is 9.93 Å². The number of halogens is 2. The van der Waals surface area contributed by atoms with Crippen LogP contribution in [-0.2, 0) is 11.2 Å². The zero-order chi connectivity index (χ0) is 20.4. The van der Waals surface area contributed by atoms with Gasteiger partial charge in [0.2, 0.25) is 0 Å². The summed E-state index contributed by atoms with van der Waals surface area (Å²) in [5, 5.41) is 0.778. The Kier molecular flexibility index (Phi) is 5.81. The number of hydrogen-bond donors (Lipinski definition) is 0. The Labute approximate surface area is 182 Å². The van der Waals surface area contributed by atoms with E-state index in [0.29, 0.717) is 45.0 Å². The first-order chi connectivity index (χ1) is 14.0. The van der Waals surface area contributed by atoms with E-state index in [2.05, 4.69) is 0 Å². The fourth-order valence-corrected chi connectivity index (χ4v) is 4.20. The molecule has 7 heteroatoms. The maximum Gasteiger partial charge on any atom is 0.293 e. The molecule has 1 aliphatic rings. The van der Waals surface area contributed by atoms with Crippen molar-refractivity contribution >= 4 is 52.2 Å². The van der Waals surface area contributed by atoms with Crippen molar-refractivity contribution in [2.75, 3.05) is 6.54 Å². The average molecular weight is 444 g/mol. The van der Waals surface area contributed by atoms with Gasteiger partial charge in [0, 0.05) is 23.2 Å². The molecule has 29 heavy (non-hydrogen) atoms. The van der Waals surface area contributed by atoms with Crippen LogP contribution < -0.4 is 0 Å². The molecule has 4 nitrogen and oxygen atoms in total. The van der Waals surface area contributed by atoms with Crippen molar-refractivity contribution in [1.82, 2.24) is 4.90 Å². The Balaban J connectivity index is 1.50. The van der Waals surface area contributed by atoms with Crippen molar-refractivity contribution in [2.45, 2.75) is 6.42 Å². The second-order valence-corrected chi connectivity index (χ2v) is 8.23. The highest BCUT2D eigenvalue weighted by atomic mass is 35.5. The first kappa shape index (κ1) is 19.8. The van der Waals surface area contributed by atoms with E-state index in [9.17, 15) is 9.59 Å². The standard InChI is InChI=1S/C22H15Cl2NO3S/c23-15-6-8-18(24)17(12-15)19-9-7-16(28-19)13-20-21(26)25(22(27)29-20)11-10-14-4-2-1-3-5-14/h1-9,12-13H,10-11H2/b20-13-. The topological polar surface area (TPSA) is 50.5 Å². The smallest absolute Gasteiger partial charge is 0.293 e. The van der Waals surface area contributed by atoms with Gasteiger partial charge in [0.15, 0.2) is 0 Å². The fourth-order valence-electron chi connectivity index (χ4n) is 2.97. The van der Waals surface area contributed by atoms with Gasteiger partial charge in [-0.2, -0.15) is 0 Å². The van der Waals surface area contributed by atoms with Crippen LogP contribution in [0.5, 0.6) is 0 Å². The number of amides is 2. The molecule has 1 aromatic heterocycles. The minimum Gasteiger partial charge on any atom is -0.457 e. The number of rotatable bonds is 5. The van der Waals surface area contributed by atoms with E-state index < -0.39 is 0 Å². The highest BCUT2D eigenvalue weighted by Gasteiger charge is 2.34. The van der Waals surface area contributed by atoms with Gasteiger partial charge >= 0.3 is 0 Å². The van der Waals surface area contributed by atoms with Crippen LogP contribution in [0.4, 0.5) is 4.79 Å². The summed E-state index contributed by atoms with van der Waals surface area (Å²) in [5.74, 6) is 0.686. The van der Waals surface area contributed by atoms with Gasteiger partial charge in [-0.15, -0.1) is 0 Å². The van der Waals surface area contributed by atoms with Gasteiger partial charge in [-0.1, -0.05) is 53.5 Å². The second-order valence-electron chi connectivity index (χ2n) is 6.40. The number of carbonyl (C=O) groups excluding carboxylic acids is 2. The van der Waals surface area contributed by atoms with Crippen molar-refractivity contribution < 1.29 is 14.0 Å². The monoisotopic (exact) mass is 443 g/mol. The van der Waals surface area contributed by atoms with E-state index in [0.717, 1.165) is 17.3 Å². The van der Waals surface area contributed by atoms with Gasteiger partial charge in [-0.05, 0) is 54.1 Å². The van der Waals surface area contributed by atoms with Crippen molar-refractivity contribution in [3.05, 3.63) is 86.9 Å². The first-order valence-corrected chi connectivity index (χ1v) is 10.4. The van der Waals surface area contributed by atoms with E-state index in [1.807, 2.05) is 30.3 Å². The highest BCUT2D eigenvalue weighted by Crippen LogP contribution is 2.35. The third-order valence-corrected chi connectivity index (χ3v) is 5.91. The lowest BCUT2D eigenvalue weighted by atomic mass is 10.1. The molecule has 0 spiro atoms. The van der Waals surface area contributed by atoms with E-state index in [1.54, 1.807) is 36.4 Å². The Hall–Kier alpha value is -2.47. The molecule has 4 rings (SSSR count). The number of thioether (sulfide) groups is 1. The second kappa shape index (κ2) is 8.49. The average Bonchev–Trinajstić information content (AvgIpc) is 3.28. The summed E-state index contributed by atoms with van der Waals surface area (Å²) >= 11 is 13.2. The third-order valence-electron chi connectivity index (χ3n) is 4.43. The Bertz CT molecular complexity index is 1110. The summed E-state index contributed by atoms with van der Waals surface area (Å²) in [7, 11) is 0. The molecule has 1 aliphatic heterocycles. The molecule has 0 aliphatic carbocycles. The van der Waals surface area contributed by atoms with Crippen molar-refractivity contribution in [1.29, 1.82) is 0 Å². The number of imide groups is 1. The van der Waals surface area contributed by atoms with Crippen LogP contribution in [0.2, 0.25) is 10.0 Å². The molecule has 3 aromatic rings. The molecular formula is C22H15Cl2NO3S. The maximum absolute atomic E-state index is 12.7. The minimum atomic E-state index is -0.310. The van der Waals surface area contributed by atoms with Crippen molar-refractivity contribution in [3.63, 3.8) is 0 Å². The van der Waals surface area contributed by atoms with E-state index >= 15 is 0 Å². The molecule has 2 heterocycles. The number of carbonyl (C=O) groups is 2. The van der Waals surface area contributed by atoms with Gasteiger partial charge in [-0.3, -0.25) is 14.5 Å². The number of furan rings is 1. The summed E-state index contributed by atoms with van der Waals surface area (Å²) < 4.78 is 5.80. The Morgan fingerprint density at radius 2 is 1.79 bits per heavy atom. The van der Waals surface area contributed by atoms with Crippen LogP contribution in [0.3, 0.4) is 0 Å². The lowest BCUT2D eigenvalue weighted by Crippen LogP contribution is -2.30. The molecule has 2 amide bonds. The van der Waals surface area contributed by atoms with Crippen LogP contribution in [0, 0.1) is 0 Å². The van der Waals surface area contributed by atoms with Crippen molar-refractivity contribution in [3.8, 4) is 11.3 Å². The van der Waals surface area contributed by atoms with E-state index in [-0.39, 0.29) is 11.1 Å². The quantitative estimate of drug-likeness (QED) is 0.420. The van der Waals surface area contributed by atoms with Crippen molar-refractivity contribution in [2.24, 2.45) is 0 Å². The zero-order valence-corrected chi connectivity index (χ0v) is 17.4. The fraction of sp³-hybridized carbons (Fsp3) is 0.0909.